The molecule has 2 rings (SSSR count). The zero-order chi connectivity index (χ0) is 15.8. The van der Waals surface area contributed by atoms with Crippen LogP contribution < -0.4 is 14.8 Å². The Hall–Kier alpha value is -2.56. The highest BCUT2D eigenvalue weighted by Gasteiger charge is 2.09. The van der Waals surface area contributed by atoms with Gasteiger partial charge in [-0.3, -0.25) is 4.79 Å². The molecular formula is C17H18FNO3. The van der Waals surface area contributed by atoms with Crippen molar-refractivity contribution < 1.29 is 18.7 Å². The lowest BCUT2D eigenvalue weighted by molar-refractivity contribution is -0.118. The molecule has 0 aliphatic carbocycles. The Morgan fingerprint density at radius 1 is 1.05 bits per heavy atom. The monoisotopic (exact) mass is 303 g/mol. The van der Waals surface area contributed by atoms with Gasteiger partial charge in [-0.15, -0.1) is 0 Å². The zero-order valence-corrected chi connectivity index (χ0v) is 12.3. The highest BCUT2D eigenvalue weighted by Crippen LogP contribution is 2.26. The summed E-state index contributed by atoms with van der Waals surface area (Å²) in [6.45, 7) is 2.36. The average molecular weight is 303 g/mol. The molecule has 0 atom stereocenters. The number of hydrogen-bond acceptors (Lipinski definition) is 3. The van der Waals surface area contributed by atoms with Crippen molar-refractivity contribution in [2.75, 3.05) is 18.5 Å². The van der Waals surface area contributed by atoms with E-state index in [2.05, 4.69) is 5.32 Å². The molecular weight excluding hydrogens is 285 g/mol. The van der Waals surface area contributed by atoms with Gasteiger partial charge >= 0.3 is 0 Å². The Labute approximate surface area is 128 Å². The van der Waals surface area contributed by atoms with Gasteiger partial charge in [-0.25, -0.2) is 4.39 Å². The van der Waals surface area contributed by atoms with Gasteiger partial charge in [-0.05, 0) is 30.7 Å². The van der Waals surface area contributed by atoms with Crippen molar-refractivity contribution in [2.45, 2.75) is 13.3 Å². The van der Waals surface area contributed by atoms with E-state index in [1.54, 1.807) is 30.3 Å². The van der Waals surface area contributed by atoms with Gasteiger partial charge in [-0.2, -0.15) is 0 Å². The van der Waals surface area contributed by atoms with Crippen molar-refractivity contribution in [3.05, 3.63) is 54.3 Å². The lowest BCUT2D eigenvalue weighted by Gasteiger charge is -2.12. The van der Waals surface area contributed by atoms with Crippen molar-refractivity contribution in [1.82, 2.24) is 0 Å². The van der Waals surface area contributed by atoms with Crippen LogP contribution in [0.5, 0.6) is 11.5 Å². The highest BCUT2D eigenvalue weighted by atomic mass is 19.1. The summed E-state index contributed by atoms with van der Waals surface area (Å²) in [6.07, 6.45) is 0.877. The molecule has 0 spiro atoms. The van der Waals surface area contributed by atoms with E-state index in [1.165, 1.54) is 12.1 Å². The summed E-state index contributed by atoms with van der Waals surface area (Å²) >= 11 is 0. The number of anilines is 1. The van der Waals surface area contributed by atoms with E-state index in [4.69, 9.17) is 9.47 Å². The van der Waals surface area contributed by atoms with Crippen LogP contribution in [0.2, 0.25) is 0 Å². The number of ether oxygens (including phenoxy) is 2. The normalized spacial score (nSPS) is 10.1. The predicted octanol–water partition coefficient (Wildman–Crippen LogP) is 3.63. The molecule has 116 valence electrons. The van der Waals surface area contributed by atoms with E-state index in [0.29, 0.717) is 18.1 Å². The molecule has 2 aromatic carbocycles. The van der Waals surface area contributed by atoms with Crippen LogP contribution in [0.15, 0.2) is 48.5 Å². The quantitative estimate of drug-likeness (QED) is 0.849. The fraction of sp³-hybridized carbons (Fsp3) is 0.235. The molecule has 0 radical (unpaired) electrons. The van der Waals surface area contributed by atoms with Crippen molar-refractivity contribution in [3.8, 4) is 11.5 Å². The standard InChI is InChI=1S/C17H18FNO3/c1-2-11-21-15-9-5-6-10-16(15)22-12-17(20)19-14-8-4-3-7-13(14)18/h3-10H,2,11-12H2,1H3,(H,19,20). The Kier molecular flexibility index (Phi) is 5.77. The lowest BCUT2D eigenvalue weighted by atomic mass is 10.3. The average Bonchev–Trinajstić information content (AvgIpc) is 2.54. The van der Waals surface area contributed by atoms with Crippen LogP contribution in [0.3, 0.4) is 0 Å². The summed E-state index contributed by atoms with van der Waals surface area (Å²) < 4.78 is 24.4. The summed E-state index contributed by atoms with van der Waals surface area (Å²) in [5.74, 6) is 0.153. The Bertz CT molecular complexity index is 631. The molecule has 0 heterocycles. The molecule has 2 aromatic rings. The molecule has 0 saturated heterocycles. The lowest BCUT2D eigenvalue weighted by Crippen LogP contribution is -2.21. The molecule has 0 aliphatic heterocycles. The van der Waals surface area contributed by atoms with Crippen molar-refractivity contribution in [3.63, 3.8) is 0 Å². The molecule has 5 heteroatoms. The van der Waals surface area contributed by atoms with E-state index in [1.807, 2.05) is 13.0 Å². The minimum absolute atomic E-state index is 0.131. The van der Waals surface area contributed by atoms with Gasteiger partial charge < -0.3 is 14.8 Å². The maximum atomic E-state index is 13.4. The minimum Gasteiger partial charge on any atom is -0.490 e. The molecule has 22 heavy (non-hydrogen) atoms. The number of rotatable bonds is 7. The summed E-state index contributed by atoms with van der Waals surface area (Å²) in [4.78, 5) is 11.8. The van der Waals surface area contributed by atoms with E-state index in [-0.39, 0.29) is 12.3 Å². The SMILES string of the molecule is CCCOc1ccccc1OCC(=O)Nc1ccccc1F. The second-order valence-electron chi connectivity index (χ2n) is 4.61. The van der Waals surface area contributed by atoms with Crippen molar-refractivity contribution in [2.24, 2.45) is 0 Å². The van der Waals surface area contributed by atoms with Gasteiger partial charge in [-0.1, -0.05) is 31.2 Å². The third-order valence-electron chi connectivity index (χ3n) is 2.82. The van der Waals surface area contributed by atoms with Gasteiger partial charge in [0.25, 0.3) is 5.91 Å². The van der Waals surface area contributed by atoms with Crippen LogP contribution in [0.25, 0.3) is 0 Å². The summed E-state index contributed by atoms with van der Waals surface area (Å²) in [6, 6.07) is 13.1. The number of nitrogens with one attached hydrogen (secondary N) is 1. The molecule has 0 unspecified atom stereocenters. The number of benzene rings is 2. The van der Waals surface area contributed by atoms with Crippen LogP contribution in [-0.2, 0) is 4.79 Å². The largest absolute Gasteiger partial charge is 0.490 e. The van der Waals surface area contributed by atoms with Crippen molar-refractivity contribution >= 4 is 11.6 Å². The Balaban J connectivity index is 1.92. The van der Waals surface area contributed by atoms with Gasteiger partial charge in [0.2, 0.25) is 0 Å². The first-order chi connectivity index (χ1) is 10.7. The summed E-state index contributed by atoms with van der Waals surface area (Å²) in [5.41, 5.74) is 0.131. The summed E-state index contributed by atoms with van der Waals surface area (Å²) in [7, 11) is 0. The first kappa shape index (κ1) is 15.8. The van der Waals surface area contributed by atoms with Gasteiger partial charge in [0.15, 0.2) is 18.1 Å². The van der Waals surface area contributed by atoms with Gasteiger partial charge in [0.05, 0.1) is 12.3 Å². The zero-order valence-electron chi connectivity index (χ0n) is 12.3. The van der Waals surface area contributed by atoms with Crippen LogP contribution in [-0.4, -0.2) is 19.1 Å². The molecule has 0 saturated carbocycles. The van der Waals surface area contributed by atoms with Crippen LogP contribution in [0, 0.1) is 5.82 Å². The van der Waals surface area contributed by atoms with Crippen LogP contribution in [0.4, 0.5) is 10.1 Å². The fourth-order valence-corrected chi connectivity index (χ4v) is 1.79. The third-order valence-corrected chi connectivity index (χ3v) is 2.82. The predicted molar refractivity (Wildman–Crippen MR) is 82.8 cm³/mol. The maximum Gasteiger partial charge on any atom is 0.262 e. The van der Waals surface area contributed by atoms with E-state index >= 15 is 0 Å². The smallest absolute Gasteiger partial charge is 0.262 e. The van der Waals surface area contributed by atoms with Crippen LogP contribution >= 0.6 is 0 Å². The molecule has 0 fully saturated rings. The summed E-state index contributed by atoms with van der Waals surface area (Å²) in [5, 5.41) is 2.46. The molecule has 4 nitrogen and oxygen atoms in total. The number of halogens is 1. The first-order valence-electron chi connectivity index (χ1n) is 7.09. The minimum atomic E-state index is -0.484. The molecule has 0 bridgehead atoms. The molecule has 0 aromatic heterocycles. The Morgan fingerprint density at radius 2 is 1.68 bits per heavy atom. The van der Waals surface area contributed by atoms with Gasteiger partial charge in [0, 0.05) is 0 Å². The van der Waals surface area contributed by atoms with E-state index < -0.39 is 11.7 Å². The highest BCUT2D eigenvalue weighted by molar-refractivity contribution is 5.92. The maximum absolute atomic E-state index is 13.4. The number of amides is 1. The number of hydrogen-bond donors (Lipinski definition) is 1. The molecule has 0 aliphatic rings. The number of carbonyl (C=O) groups is 1. The topological polar surface area (TPSA) is 47.6 Å². The third kappa shape index (κ3) is 4.48. The number of para-hydroxylation sites is 3. The fourth-order valence-electron chi connectivity index (χ4n) is 1.79. The molecule has 1 N–H and O–H groups in total. The Morgan fingerprint density at radius 3 is 2.36 bits per heavy atom. The van der Waals surface area contributed by atoms with Crippen LogP contribution in [0.1, 0.15) is 13.3 Å². The van der Waals surface area contributed by atoms with E-state index in [9.17, 15) is 9.18 Å². The first-order valence-corrected chi connectivity index (χ1v) is 7.09. The van der Waals surface area contributed by atoms with Crippen molar-refractivity contribution in [1.29, 1.82) is 0 Å². The second-order valence-corrected chi connectivity index (χ2v) is 4.61. The van der Waals surface area contributed by atoms with Gasteiger partial charge in [0.1, 0.15) is 5.82 Å². The molecule has 1 amide bonds. The number of carbonyl (C=O) groups excluding carboxylic acids is 1. The second kappa shape index (κ2) is 8.02. The van der Waals surface area contributed by atoms with E-state index in [0.717, 1.165) is 6.42 Å².